The SMILES string of the molecule is NC(=O)Nc1ncc(S(=O)(=O)O)s1. The minimum atomic E-state index is -4.25. The molecule has 4 N–H and O–H groups in total. The minimum Gasteiger partial charge on any atom is -0.351 e. The summed E-state index contributed by atoms with van der Waals surface area (Å²) < 4.78 is 29.2. The van der Waals surface area contributed by atoms with Crippen molar-refractivity contribution < 1.29 is 17.8 Å². The van der Waals surface area contributed by atoms with Crippen LogP contribution in [0.5, 0.6) is 0 Å². The van der Waals surface area contributed by atoms with Crippen LogP contribution in [0.15, 0.2) is 10.4 Å². The van der Waals surface area contributed by atoms with E-state index < -0.39 is 16.1 Å². The molecule has 72 valence electrons. The van der Waals surface area contributed by atoms with Crippen LogP contribution in [0.1, 0.15) is 0 Å². The average molecular weight is 223 g/mol. The summed E-state index contributed by atoms with van der Waals surface area (Å²) in [6.45, 7) is 0. The highest BCUT2D eigenvalue weighted by molar-refractivity contribution is 7.88. The highest BCUT2D eigenvalue weighted by Crippen LogP contribution is 2.21. The molecule has 0 aliphatic heterocycles. The third kappa shape index (κ3) is 2.65. The van der Waals surface area contributed by atoms with Gasteiger partial charge in [-0.2, -0.15) is 8.42 Å². The number of carbonyl (C=O) groups is 1. The van der Waals surface area contributed by atoms with Crippen LogP contribution < -0.4 is 11.1 Å². The number of nitrogens with two attached hydrogens (primary N) is 1. The number of rotatable bonds is 2. The summed E-state index contributed by atoms with van der Waals surface area (Å²) in [5.41, 5.74) is 4.75. The van der Waals surface area contributed by atoms with Crippen LogP contribution >= 0.6 is 11.3 Å². The van der Waals surface area contributed by atoms with Crippen LogP contribution in [0.3, 0.4) is 0 Å². The zero-order chi connectivity index (χ0) is 10.1. The van der Waals surface area contributed by atoms with Crippen LogP contribution in [-0.2, 0) is 10.1 Å². The molecule has 0 aliphatic carbocycles. The second-order valence-electron chi connectivity index (χ2n) is 1.95. The maximum atomic E-state index is 10.5. The first-order chi connectivity index (χ1) is 5.89. The fraction of sp³-hybridized carbons (Fsp3) is 0. The predicted octanol–water partition coefficient (Wildman–Crippen LogP) is -0.120. The van der Waals surface area contributed by atoms with Gasteiger partial charge in [0, 0.05) is 0 Å². The Hall–Kier alpha value is -1.19. The lowest BCUT2D eigenvalue weighted by Gasteiger charge is -1.91. The fourth-order valence-electron chi connectivity index (χ4n) is 0.542. The van der Waals surface area contributed by atoms with Crippen molar-refractivity contribution in [2.24, 2.45) is 5.73 Å². The van der Waals surface area contributed by atoms with Gasteiger partial charge in [-0.1, -0.05) is 11.3 Å². The van der Waals surface area contributed by atoms with Crippen LogP contribution in [0, 0.1) is 0 Å². The molecule has 0 saturated carbocycles. The lowest BCUT2D eigenvalue weighted by molar-refractivity contribution is 0.259. The number of amides is 2. The largest absolute Gasteiger partial charge is 0.351 e. The average Bonchev–Trinajstić information content (AvgIpc) is 2.32. The number of urea groups is 1. The Labute approximate surface area is 77.3 Å². The highest BCUT2D eigenvalue weighted by Gasteiger charge is 2.14. The minimum absolute atomic E-state index is 0.0140. The van der Waals surface area contributed by atoms with Crippen molar-refractivity contribution in [1.82, 2.24) is 4.98 Å². The molecule has 1 heterocycles. The van der Waals surface area contributed by atoms with Gasteiger partial charge >= 0.3 is 16.1 Å². The molecule has 0 spiro atoms. The highest BCUT2D eigenvalue weighted by atomic mass is 32.3. The Balaban J connectivity index is 2.94. The predicted molar refractivity (Wildman–Crippen MR) is 45.1 cm³/mol. The van der Waals surface area contributed by atoms with Gasteiger partial charge in [0.1, 0.15) is 0 Å². The van der Waals surface area contributed by atoms with E-state index >= 15 is 0 Å². The Morgan fingerprint density at radius 1 is 1.69 bits per heavy atom. The topological polar surface area (TPSA) is 122 Å². The molecule has 1 aromatic rings. The summed E-state index contributed by atoms with van der Waals surface area (Å²) in [7, 11) is -4.25. The van der Waals surface area contributed by atoms with E-state index in [1.54, 1.807) is 0 Å². The van der Waals surface area contributed by atoms with Crippen molar-refractivity contribution in [1.29, 1.82) is 0 Å². The Morgan fingerprint density at radius 3 is 2.69 bits per heavy atom. The van der Waals surface area contributed by atoms with Gasteiger partial charge in [0.25, 0.3) is 0 Å². The first-order valence-corrected chi connectivity index (χ1v) is 5.15. The molecule has 13 heavy (non-hydrogen) atoms. The lowest BCUT2D eigenvalue weighted by atomic mass is 10.9. The summed E-state index contributed by atoms with van der Waals surface area (Å²) in [5.74, 6) is 0. The number of anilines is 1. The molecule has 1 rings (SSSR count). The molecule has 0 radical (unpaired) electrons. The summed E-state index contributed by atoms with van der Waals surface area (Å²) >= 11 is 0.607. The van der Waals surface area contributed by atoms with E-state index in [-0.39, 0.29) is 9.34 Å². The smallest absolute Gasteiger partial charge is 0.318 e. The van der Waals surface area contributed by atoms with Gasteiger partial charge in [0.05, 0.1) is 6.20 Å². The Bertz CT molecular complexity index is 422. The van der Waals surface area contributed by atoms with Crippen LogP contribution in [0.2, 0.25) is 0 Å². The summed E-state index contributed by atoms with van der Waals surface area (Å²) in [5, 5.41) is 2.08. The van der Waals surface area contributed by atoms with Gasteiger partial charge in [-0.15, -0.1) is 0 Å². The zero-order valence-electron chi connectivity index (χ0n) is 6.09. The number of primary amides is 1. The van der Waals surface area contributed by atoms with Crippen LogP contribution in [-0.4, -0.2) is 24.0 Å². The van der Waals surface area contributed by atoms with Gasteiger partial charge in [0.2, 0.25) is 0 Å². The molecule has 7 nitrogen and oxygen atoms in total. The van der Waals surface area contributed by atoms with Crippen molar-refractivity contribution in [2.45, 2.75) is 4.21 Å². The molecule has 0 atom stereocenters. The summed E-state index contributed by atoms with van der Waals surface area (Å²) in [4.78, 5) is 13.8. The van der Waals surface area contributed by atoms with Crippen LogP contribution in [0.25, 0.3) is 0 Å². The number of thiazole rings is 1. The van der Waals surface area contributed by atoms with E-state index in [1.165, 1.54) is 0 Å². The maximum absolute atomic E-state index is 10.5. The molecule has 0 saturated heterocycles. The zero-order valence-corrected chi connectivity index (χ0v) is 7.72. The maximum Gasteiger partial charge on any atom is 0.318 e. The molecule has 1 aromatic heterocycles. The normalized spacial score (nSPS) is 11.2. The molecule has 0 aliphatic rings. The molecular formula is C4H5N3O4S2. The molecule has 2 amide bonds. The molecule has 0 aromatic carbocycles. The van der Waals surface area contributed by atoms with Gasteiger partial charge < -0.3 is 5.73 Å². The van der Waals surface area contributed by atoms with E-state index in [4.69, 9.17) is 10.3 Å². The van der Waals surface area contributed by atoms with Gasteiger partial charge in [-0.3, -0.25) is 9.87 Å². The molecular weight excluding hydrogens is 218 g/mol. The number of nitrogens with one attached hydrogen (secondary N) is 1. The van der Waals surface area contributed by atoms with Crippen molar-refractivity contribution in [3.63, 3.8) is 0 Å². The van der Waals surface area contributed by atoms with Gasteiger partial charge in [-0.05, 0) is 0 Å². The molecule has 0 fully saturated rings. The summed E-state index contributed by atoms with van der Waals surface area (Å²) in [6.07, 6.45) is 0.922. The first kappa shape index (κ1) is 9.89. The van der Waals surface area contributed by atoms with E-state index in [0.717, 1.165) is 6.20 Å². The Kier molecular flexibility index (Phi) is 2.50. The lowest BCUT2D eigenvalue weighted by Crippen LogP contribution is -2.18. The third-order valence-corrected chi connectivity index (χ3v) is 3.17. The van der Waals surface area contributed by atoms with Crippen molar-refractivity contribution in [2.75, 3.05) is 5.32 Å². The van der Waals surface area contributed by atoms with E-state index in [1.807, 2.05) is 0 Å². The Morgan fingerprint density at radius 2 is 2.31 bits per heavy atom. The standard InChI is InChI=1S/C4H5N3O4S2/c5-3(8)7-4-6-1-2(12-4)13(9,10)11/h1H,(H,9,10,11)(H3,5,6,7,8). The number of hydrogen-bond acceptors (Lipinski definition) is 5. The first-order valence-electron chi connectivity index (χ1n) is 2.89. The number of nitrogens with zero attached hydrogens (tertiary/aromatic N) is 1. The van der Waals surface area contributed by atoms with Crippen molar-refractivity contribution in [3.8, 4) is 0 Å². The molecule has 0 bridgehead atoms. The van der Waals surface area contributed by atoms with E-state index in [0.29, 0.717) is 11.3 Å². The van der Waals surface area contributed by atoms with Crippen molar-refractivity contribution >= 4 is 32.6 Å². The van der Waals surface area contributed by atoms with E-state index in [2.05, 4.69) is 10.3 Å². The quantitative estimate of drug-likeness (QED) is 0.603. The third-order valence-electron chi connectivity index (χ3n) is 0.969. The second-order valence-corrected chi connectivity index (χ2v) is 4.63. The monoisotopic (exact) mass is 223 g/mol. The fourth-order valence-corrected chi connectivity index (χ4v) is 1.94. The van der Waals surface area contributed by atoms with Crippen molar-refractivity contribution in [3.05, 3.63) is 6.20 Å². The molecule has 9 heteroatoms. The summed E-state index contributed by atoms with van der Waals surface area (Å²) in [6, 6.07) is -0.851. The number of aromatic nitrogens is 1. The molecule has 0 unspecified atom stereocenters. The van der Waals surface area contributed by atoms with Gasteiger partial charge in [-0.25, -0.2) is 9.78 Å². The van der Waals surface area contributed by atoms with Crippen LogP contribution in [0.4, 0.5) is 9.93 Å². The van der Waals surface area contributed by atoms with E-state index in [9.17, 15) is 13.2 Å². The van der Waals surface area contributed by atoms with Gasteiger partial charge in [0.15, 0.2) is 9.34 Å². The number of hydrogen-bond donors (Lipinski definition) is 3. The second kappa shape index (κ2) is 3.28. The number of carbonyl (C=O) groups excluding carboxylic acids is 1.